The van der Waals surface area contributed by atoms with Gasteiger partial charge in [-0.25, -0.2) is 0 Å². The molecule has 0 aromatic heterocycles. The van der Waals surface area contributed by atoms with Crippen LogP contribution in [0.4, 0.5) is 11.4 Å². The number of nitrogens with one attached hydrogen (secondary N) is 2. The van der Waals surface area contributed by atoms with E-state index in [1.54, 1.807) is 19.1 Å². The van der Waals surface area contributed by atoms with Crippen molar-refractivity contribution in [3.05, 3.63) is 18.2 Å². The highest BCUT2D eigenvalue weighted by molar-refractivity contribution is 5.99. The molecule has 2 aliphatic rings. The summed E-state index contributed by atoms with van der Waals surface area (Å²) in [5.41, 5.74) is 1.32. The zero-order chi connectivity index (χ0) is 17.8. The van der Waals surface area contributed by atoms with Gasteiger partial charge < -0.3 is 15.4 Å². The smallest absolute Gasteiger partial charge is 0.265 e. The fourth-order valence-electron chi connectivity index (χ4n) is 3.74. The number of rotatable bonds is 5. The van der Waals surface area contributed by atoms with Crippen LogP contribution >= 0.6 is 0 Å². The van der Waals surface area contributed by atoms with Crippen LogP contribution in [0.1, 0.15) is 58.8 Å². The molecule has 0 saturated heterocycles. The van der Waals surface area contributed by atoms with Crippen LogP contribution in [0.2, 0.25) is 0 Å². The summed E-state index contributed by atoms with van der Waals surface area (Å²) in [5, 5.41) is 5.81. The third kappa shape index (κ3) is 4.33. The molecule has 2 amide bonds. The molecule has 1 aromatic rings. The first-order valence-electron chi connectivity index (χ1n) is 9.49. The summed E-state index contributed by atoms with van der Waals surface area (Å²) in [4.78, 5) is 24.3. The topological polar surface area (TPSA) is 67.4 Å². The number of carbonyl (C=O) groups is 2. The monoisotopic (exact) mass is 344 g/mol. The maximum atomic E-state index is 12.5. The van der Waals surface area contributed by atoms with E-state index in [4.69, 9.17) is 4.74 Å². The van der Waals surface area contributed by atoms with Gasteiger partial charge in [0.2, 0.25) is 5.91 Å². The molecule has 5 heteroatoms. The third-order valence-electron chi connectivity index (χ3n) is 5.36. The predicted molar refractivity (Wildman–Crippen MR) is 98.8 cm³/mol. The third-order valence-corrected chi connectivity index (χ3v) is 5.36. The van der Waals surface area contributed by atoms with Gasteiger partial charge in [-0.2, -0.15) is 0 Å². The van der Waals surface area contributed by atoms with Crippen molar-refractivity contribution in [3.8, 4) is 5.75 Å². The van der Waals surface area contributed by atoms with E-state index in [1.165, 1.54) is 19.3 Å². The zero-order valence-corrected chi connectivity index (χ0v) is 15.1. The molecule has 0 bridgehead atoms. The molecule has 1 atom stereocenters. The molecule has 1 aliphatic carbocycles. The summed E-state index contributed by atoms with van der Waals surface area (Å²) in [6.45, 7) is 3.94. The molecule has 3 rings (SSSR count). The summed E-state index contributed by atoms with van der Waals surface area (Å²) >= 11 is 0. The summed E-state index contributed by atoms with van der Waals surface area (Å²) < 4.78 is 5.54. The highest BCUT2D eigenvalue weighted by Crippen LogP contribution is 2.34. The fourth-order valence-corrected chi connectivity index (χ4v) is 3.74. The molecule has 5 nitrogen and oxygen atoms in total. The number of carbonyl (C=O) groups excluding carboxylic acids is 2. The van der Waals surface area contributed by atoms with Gasteiger partial charge in [0.25, 0.3) is 5.91 Å². The van der Waals surface area contributed by atoms with Crippen molar-refractivity contribution >= 4 is 23.2 Å². The molecule has 0 unspecified atom stereocenters. The van der Waals surface area contributed by atoms with Crippen molar-refractivity contribution in [2.24, 2.45) is 11.8 Å². The Morgan fingerprint density at radius 2 is 2.04 bits per heavy atom. The Balaban J connectivity index is 1.55. The van der Waals surface area contributed by atoms with Gasteiger partial charge in [0.05, 0.1) is 5.69 Å². The van der Waals surface area contributed by atoms with Crippen molar-refractivity contribution in [1.29, 1.82) is 0 Å². The maximum absolute atomic E-state index is 12.5. The van der Waals surface area contributed by atoms with Gasteiger partial charge >= 0.3 is 0 Å². The lowest BCUT2D eigenvalue weighted by atomic mass is 9.79. The van der Waals surface area contributed by atoms with Crippen LogP contribution in [-0.4, -0.2) is 17.9 Å². The van der Waals surface area contributed by atoms with Crippen molar-refractivity contribution in [2.75, 3.05) is 10.6 Å². The minimum Gasteiger partial charge on any atom is -0.479 e. The number of amides is 2. The van der Waals surface area contributed by atoms with E-state index in [2.05, 4.69) is 17.6 Å². The largest absolute Gasteiger partial charge is 0.479 e. The van der Waals surface area contributed by atoms with Crippen molar-refractivity contribution < 1.29 is 14.3 Å². The summed E-state index contributed by atoms with van der Waals surface area (Å²) in [5.74, 6) is 1.45. The van der Waals surface area contributed by atoms with Gasteiger partial charge in [-0.1, -0.05) is 26.2 Å². The molecule has 136 valence electrons. The van der Waals surface area contributed by atoms with Crippen LogP contribution in [0.5, 0.6) is 5.75 Å². The summed E-state index contributed by atoms with van der Waals surface area (Å²) in [6, 6.07) is 5.39. The van der Waals surface area contributed by atoms with Crippen LogP contribution in [0.15, 0.2) is 18.2 Å². The quantitative estimate of drug-likeness (QED) is 0.835. The average Bonchev–Trinajstić information content (AvgIpc) is 2.61. The van der Waals surface area contributed by atoms with Crippen LogP contribution < -0.4 is 15.4 Å². The van der Waals surface area contributed by atoms with E-state index in [0.717, 1.165) is 31.6 Å². The Morgan fingerprint density at radius 3 is 2.76 bits per heavy atom. The van der Waals surface area contributed by atoms with Crippen molar-refractivity contribution in [1.82, 2.24) is 0 Å². The standard InChI is InChI=1S/C20H28N2O3/c1-3-4-5-14-6-8-15(9-7-14)20(24)21-16-10-11-18-17(12-16)22-19(23)13(2)25-18/h10-15H,3-9H2,1-2H3,(H,21,24)(H,22,23)/t13-,14?,15?/m1/s1. The molecule has 0 radical (unpaired) electrons. The number of hydrogen-bond donors (Lipinski definition) is 2. The van der Waals surface area contributed by atoms with E-state index in [-0.39, 0.29) is 17.7 Å². The highest BCUT2D eigenvalue weighted by atomic mass is 16.5. The summed E-state index contributed by atoms with van der Waals surface area (Å²) in [7, 11) is 0. The Labute approximate surface area is 149 Å². The molecule has 2 N–H and O–H groups in total. The van der Waals surface area contributed by atoms with Crippen LogP contribution in [0.25, 0.3) is 0 Å². The van der Waals surface area contributed by atoms with E-state index >= 15 is 0 Å². The first-order chi connectivity index (χ1) is 12.1. The number of fused-ring (bicyclic) bond motifs is 1. The molecule has 1 aromatic carbocycles. The Kier molecular flexibility index (Phi) is 5.61. The maximum Gasteiger partial charge on any atom is 0.265 e. The number of anilines is 2. The number of unbranched alkanes of at least 4 members (excludes halogenated alkanes) is 1. The minimum atomic E-state index is -0.490. The second-order valence-electron chi connectivity index (χ2n) is 7.31. The number of ether oxygens (including phenoxy) is 1. The van der Waals surface area contributed by atoms with E-state index < -0.39 is 6.10 Å². The lowest BCUT2D eigenvalue weighted by molar-refractivity contribution is -0.122. The average molecular weight is 344 g/mol. The number of hydrogen-bond acceptors (Lipinski definition) is 3. The minimum absolute atomic E-state index is 0.0883. The molecule has 1 aliphatic heterocycles. The first kappa shape index (κ1) is 17.8. The molecule has 1 fully saturated rings. The van der Waals surface area contributed by atoms with Gasteiger partial charge in [0, 0.05) is 11.6 Å². The molecule has 25 heavy (non-hydrogen) atoms. The van der Waals surface area contributed by atoms with E-state index in [1.807, 2.05) is 6.07 Å². The predicted octanol–water partition coefficient (Wildman–Crippen LogP) is 4.34. The van der Waals surface area contributed by atoms with Crippen molar-refractivity contribution in [3.63, 3.8) is 0 Å². The van der Waals surface area contributed by atoms with Crippen LogP contribution in [0, 0.1) is 11.8 Å². The first-order valence-corrected chi connectivity index (χ1v) is 9.49. The van der Waals surface area contributed by atoms with E-state index in [9.17, 15) is 9.59 Å². The highest BCUT2D eigenvalue weighted by Gasteiger charge is 2.27. The lowest BCUT2D eigenvalue weighted by Gasteiger charge is -2.28. The van der Waals surface area contributed by atoms with Crippen molar-refractivity contribution in [2.45, 2.75) is 64.9 Å². The SMILES string of the molecule is CCCCC1CCC(C(=O)Nc2ccc3c(c2)NC(=O)[C@@H](C)O3)CC1. The van der Waals surface area contributed by atoms with Gasteiger partial charge in [-0.3, -0.25) is 9.59 Å². The second kappa shape index (κ2) is 7.89. The normalized spacial score (nSPS) is 25.5. The van der Waals surface area contributed by atoms with Gasteiger partial charge in [-0.15, -0.1) is 0 Å². The Hall–Kier alpha value is -2.04. The number of benzene rings is 1. The summed E-state index contributed by atoms with van der Waals surface area (Å²) in [6.07, 6.45) is 7.61. The van der Waals surface area contributed by atoms with Gasteiger partial charge in [0.1, 0.15) is 5.75 Å². The zero-order valence-electron chi connectivity index (χ0n) is 15.1. The molecular weight excluding hydrogens is 316 g/mol. The van der Waals surface area contributed by atoms with Gasteiger partial charge in [0.15, 0.2) is 6.10 Å². The molecule has 1 heterocycles. The fraction of sp³-hybridized carbons (Fsp3) is 0.600. The molecular formula is C20H28N2O3. The molecule has 1 saturated carbocycles. The Morgan fingerprint density at radius 1 is 1.28 bits per heavy atom. The molecule has 0 spiro atoms. The lowest BCUT2D eigenvalue weighted by Crippen LogP contribution is -2.34. The Bertz CT molecular complexity index is 636. The van der Waals surface area contributed by atoms with Crippen LogP contribution in [0.3, 0.4) is 0 Å². The van der Waals surface area contributed by atoms with Gasteiger partial charge in [-0.05, 0) is 56.7 Å². The van der Waals surface area contributed by atoms with Crippen LogP contribution in [-0.2, 0) is 9.59 Å². The second-order valence-corrected chi connectivity index (χ2v) is 7.31. The van der Waals surface area contributed by atoms with E-state index in [0.29, 0.717) is 17.1 Å².